The molecule has 0 aromatic carbocycles. The Labute approximate surface area is 147 Å². The number of rotatable bonds is 14. The van der Waals surface area contributed by atoms with Crippen LogP contribution in [0.25, 0.3) is 0 Å². The van der Waals surface area contributed by atoms with Gasteiger partial charge in [0.05, 0.1) is 46.1 Å². The van der Waals surface area contributed by atoms with Crippen molar-refractivity contribution in [2.45, 2.75) is 39.5 Å². The lowest BCUT2D eigenvalue weighted by atomic mass is 9.99. The van der Waals surface area contributed by atoms with Crippen LogP contribution in [-0.4, -0.2) is 76.6 Å². The van der Waals surface area contributed by atoms with Crippen LogP contribution in [0.15, 0.2) is 0 Å². The standard InChI is InChI=1S/C18H36N2O4/c1-3-7-19-8-12-23-14-16-24-15-13-22-11-6-18(21)20-9-4-17(2)5-10-20/h17,19H,3-16H2,1-2H3. The summed E-state index contributed by atoms with van der Waals surface area (Å²) in [6.07, 6.45) is 3.86. The van der Waals surface area contributed by atoms with Gasteiger partial charge in [-0.25, -0.2) is 0 Å². The van der Waals surface area contributed by atoms with Crippen molar-refractivity contribution in [3.05, 3.63) is 0 Å². The first-order valence-electron chi connectivity index (χ1n) is 9.45. The summed E-state index contributed by atoms with van der Waals surface area (Å²) in [5.74, 6) is 0.965. The molecule has 1 aliphatic heterocycles. The third-order valence-corrected chi connectivity index (χ3v) is 4.19. The van der Waals surface area contributed by atoms with Gasteiger partial charge in [0.1, 0.15) is 0 Å². The quantitative estimate of drug-likeness (QED) is 0.486. The molecule has 0 radical (unpaired) electrons. The SMILES string of the molecule is CCCNCCOCCOCCOCCC(=O)N1CCC(C)CC1. The highest BCUT2D eigenvalue weighted by Gasteiger charge is 2.19. The molecule has 24 heavy (non-hydrogen) atoms. The maximum Gasteiger partial charge on any atom is 0.224 e. The van der Waals surface area contributed by atoms with Crippen molar-refractivity contribution in [2.24, 2.45) is 5.92 Å². The summed E-state index contributed by atoms with van der Waals surface area (Å²) >= 11 is 0. The van der Waals surface area contributed by atoms with E-state index in [0.717, 1.165) is 58.0 Å². The van der Waals surface area contributed by atoms with Crippen molar-refractivity contribution in [2.75, 3.05) is 65.8 Å². The van der Waals surface area contributed by atoms with E-state index in [4.69, 9.17) is 14.2 Å². The minimum absolute atomic E-state index is 0.216. The molecule has 6 heteroatoms. The van der Waals surface area contributed by atoms with Crippen molar-refractivity contribution < 1.29 is 19.0 Å². The van der Waals surface area contributed by atoms with Crippen molar-refractivity contribution in [3.8, 4) is 0 Å². The van der Waals surface area contributed by atoms with Gasteiger partial charge in [-0.15, -0.1) is 0 Å². The number of piperidine rings is 1. The van der Waals surface area contributed by atoms with Crippen LogP contribution in [0.1, 0.15) is 39.5 Å². The molecule has 142 valence electrons. The smallest absolute Gasteiger partial charge is 0.224 e. The number of ether oxygens (including phenoxy) is 3. The molecule has 1 saturated heterocycles. The number of carbonyl (C=O) groups excluding carboxylic acids is 1. The molecule has 6 nitrogen and oxygen atoms in total. The Morgan fingerprint density at radius 1 is 0.958 bits per heavy atom. The molecule has 0 bridgehead atoms. The van der Waals surface area contributed by atoms with Crippen molar-refractivity contribution >= 4 is 5.91 Å². The van der Waals surface area contributed by atoms with Gasteiger partial charge in [-0.3, -0.25) is 4.79 Å². The highest BCUT2D eigenvalue weighted by Crippen LogP contribution is 2.16. The second-order valence-electron chi connectivity index (χ2n) is 6.40. The summed E-state index contributed by atoms with van der Waals surface area (Å²) in [4.78, 5) is 14.0. The summed E-state index contributed by atoms with van der Waals surface area (Å²) in [5.41, 5.74) is 0. The van der Waals surface area contributed by atoms with Crippen LogP contribution in [0.4, 0.5) is 0 Å². The minimum Gasteiger partial charge on any atom is -0.379 e. The lowest BCUT2D eigenvalue weighted by Crippen LogP contribution is -2.38. The fourth-order valence-corrected chi connectivity index (χ4v) is 2.56. The normalized spacial score (nSPS) is 15.8. The second-order valence-corrected chi connectivity index (χ2v) is 6.40. The number of likely N-dealkylation sites (tertiary alicyclic amines) is 1. The van der Waals surface area contributed by atoms with Gasteiger partial charge < -0.3 is 24.4 Å². The summed E-state index contributed by atoms with van der Waals surface area (Å²) in [7, 11) is 0. The van der Waals surface area contributed by atoms with Gasteiger partial charge >= 0.3 is 0 Å². The van der Waals surface area contributed by atoms with Gasteiger partial charge in [0.25, 0.3) is 0 Å². The Hall–Kier alpha value is -0.690. The maximum absolute atomic E-state index is 12.0. The largest absolute Gasteiger partial charge is 0.379 e. The molecule has 0 saturated carbocycles. The van der Waals surface area contributed by atoms with Crippen LogP contribution < -0.4 is 5.32 Å². The summed E-state index contributed by atoms with van der Waals surface area (Å²) in [6, 6.07) is 0. The van der Waals surface area contributed by atoms with Crippen LogP contribution in [0.5, 0.6) is 0 Å². The van der Waals surface area contributed by atoms with Gasteiger partial charge in [-0.05, 0) is 31.7 Å². The van der Waals surface area contributed by atoms with E-state index in [1.165, 1.54) is 0 Å². The number of amides is 1. The highest BCUT2D eigenvalue weighted by atomic mass is 16.5. The lowest BCUT2D eigenvalue weighted by molar-refractivity contribution is -0.133. The highest BCUT2D eigenvalue weighted by molar-refractivity contribution is 5.76. The van der Waals surface area contributed by atoms with E-state index >= 15 is 0 Å². The molecule has 0 unspecified atom stereocenters. The van der Waals surface area contributed by atoms with E-state index in [1.807, 2.05) is 4.90 Å². The molecule has 1 aliphatic rings. The van der Waals surface area contributed by atoms with E-state index in [0.29, 0.717) is 39.5 Å². The van der Waals surface area contributed by atoms with Crippen molar-refractivity contribution in [3.63, 3.8) is 0 Å². The maximum atomic E-state index is 12.0. The molecule has 0 spiro atoms. The van der Waals surface area contributed by atoms with Gasteiger partial charge in [-0.2, -0.15) is 0 Å². The third kappa shape index (κ3) is 11.0. The Morgan fingerprint density at radius 2 is 1.54 bits per heavy atom. The number of hydrogen-bond acceptors (Lipinski definition) is 5. The molecular formula is C18H36N2O4. The molecule has 0 aliphatic carbocycles. The lowest BCUT2D eigenvalue weighted by Gasteiger charge is -2.30. The molecule has 0 aromatic rings. The summed E-state index contributed by atoms with van der Waals surface area (Å²) in [6.45, 7) is 11.6. The predicted molar refractivity (Wildman–Crippen MR) is 95.2 cm³/mol. The Bertz CT molecular complexity index is 307. The number of carbonyl (C=O) groups is 1. The van der Waals surface area contributed by atoms with Crippen LogP contribution >= 0.6 is 0 Å². The van der Waals surface area contributed by atoms with Gasteiger partial charge in [0.2, 0.25) is 5.91 Å². The average Bonchev–Trinajstić information content (AvgIpc) is 2.59. The Morgan fingerprint density at radius 3 is 2.17 bits per heavy atom. The molecule has 1 amide bonds. The number of nitrogens with zero attached hydrogens (tertiary/aromatic N) is 1. The molecular weight excluding hydrogens is 308 g/mol. The summed E-state index contributed by atoms with van der Waals surface area (Å²) in [5, 5.41) is 3.28. The first kappa shape index (κ1) is 21.4. The number of hydrogen-bond donors (Lipinski definition) is 1. The molecule has 1 rings (SSSR count). The zero-order chi connectivity index (χ0) is 17.5. The predicted octanol–water partition coefficient (Wildman–Crippen LogP) is 1.68. The fourth-order valence-electron chi connectivity index (χ4n) is 2.56. The first-order valence-corrected chi connectivity index (χ1v) is 9.45. The van der Waals surface area contributed by atoms with Crippen molar-refractivity contribution in [1.29, 1.82) is 0 Å². The van der Waals surface area contributed by atoms with E-state index < -0.39 is 0 Å². The average molecular weight is 344 g/mol. The van der Waals surface area contributed by atoms with Crippen LogP contribution in [0.2, 0.25) is 0 Å². The van der Waals surface area contributed by atoms with Gasteiger partial charge in [0, 0.05) is 19.6 Å². The van der Waals surface area contributed by atoms with E-state index in [1.54, 1.807) is 0 Å². The van der Waals surface area contributed by atoms with Gasteiger partial charge in [-0.1, -0.05) is 13.8 Å². The Balaban J connectivity index is 1.79. The molecule has 1 heterocycles. The van der Waals surface area contributed by atoms with Gasteiger partial charge in [0.15, 0.2) is 0 Å². The van der Waals surface area contributed by atoms with Crippen molar-refractivity contribution in [1.82, 2.24) is 10.2 Å². The zero-order valence-electron chi connectivity index (χ0n) is 15.6. The van der Waals surface area contributed by atoms with E-state index in [-0.39, 0.29) is 5.91 Å². The number of nitrogens with one attached hydrogen (secondary N) is 1. The van der Waals surface area contributed by atoms with E-state index in [2.05, 4.69) is 19.2 Å². The molecule has 1 fully saturated rings. The summed E-state index contributed by atoms with van der Waals surface area (Å²) < 4.78 is 16.3. The zero-order valence-corrected chi connectivity index (χ0v) is 15.6. The fraction of sp³-hybridized carbons (Fsp3) is 0.944. The van der Waals surface area contributed by atoms with E-state index in [9.17, 15) is 4.79 Å². The monoisotopic (exact) mass is 344 g/mol. The third-order valence-electron chi connectivity index (χ3n) is 4.19. The second kappa shape index (κ2) is 14.6. The Kier molecular flexibility index (Phi) is 13.0. The minimum atomic E-state index is 0.216. The molecule has 0 atom stereocenters. The first-order chi connectivity index (χ1) is 11.7. The molecule has 1 N–H and O–H groups in total. The topological polar surface area (TPSA) is 60.0 Å². The van der Waals surface area contributed by atoms with Crippen LogP contribution in [-0.2, 0) is 19.0 Å². The molecule has 0 aromatic heterocycles. The van der Waals surface area contributed by atoms with Crippen LogP contribution in [0.3, 0.4) is 0 Å². The van der Waals surface area contributed by atoms with Crippen LogP contribution in [0, 0.1) is 5.92 Å².